The summed E-state index contributed by atoms with van der Waals surface area (Å²) in [5, 5.41) is 2.45. The lowest BCUT2D eigenvalue weighted by atomic mass is 9.87. The summed E-state index contributed by atoms with van der Waals surface area (Å²) >= 11 is 0. The second kappa shape index (κ2) is 15.0. The first-order valence-electron chi connectivity index (χ1n) is 19.3. The molecule has 2 aliphatic rings. The van der Waals surface area contributed by atoms with E-state index >= 15 is 0 Å². The van der Waals surface area contributed by atoms with Gasteiger partial charge < -0.3 is 9.47 Å². The topological polar surface area (TPSA) is 33.4 Å². The number of hydrogen-bond acceptors (Lipinski definition) is 3. The van der Waals surface area contributed by atoms with Crippen LogP contribution in [0.2, 0.25) is 0 Å². The highest BCUT2D eigenvalue weighted by Gasteiger charge is 2.22. The SMILES string of the molecule is C=C1/C=C\C=CN(c2ccccc2)C2=C1CCC(c1cccc(-n3c4ccccc4c4ccc(-c5ccnc(/C(=C/C)N=C(C)c6ccccc6)c5)cc43)c1)=C2. The number of nitrogens with zero attached hydrogens (tertiary/aromatic N) is 4. The van der Waals surface area contributed by atoms with Crippen molar-refractivity contribution in [2.24, 2.45) is 4.99 Å². The largest absolute Gasteiger partial charge is 0.317 e. The molecule has 56 heavy (non-hydrogen) atoms. The van der Waals surface area contributed by atoms with Crippen LogP contribution in [0.25, 0.3) is 49.9 Å². The molecule has 7 aromatic rings. The molecule has 0 fully saturated rings. The first-order valence-corrected chi connectivity index (χ1v) is 19.3. The monoisotopic (exact) mass is 722 g/mol. The van der Waals surface area contributed by atoms with Crippen molar-refractivity contribution in [2.45, 2.75) is 26.7 Å². The highest BCUT2D eigenvalue weighted by Crippen LogP contribution is 2.40. The molecule has 4 nitrogen and oxygen atoms in total. The molecular formula is C52H42N4. The molecule has 1 aliphatic heterocycles. The average Bonchev–Trinajstić information content (AvgIpc) is 3.59. The van der Waals surface area contributed by atoms with Crippen LogP contribution in [0, 0.1) is 0 Å². The molecule has 2 aromatic heterocycles. The van der Waals surface area contributed by atoms with Gasteiger partial charge in [0.05, 0.1) is 22.4 Å². The summed E-state index contributed by atoms with van der Waals surface area (Å²) in [5.41, 5.74) is 16.6. The fraction of sp³-hybridized carbons (Fsp3) is 0.0769. The maximum absolute atomic E-state index is 4.99. The number of fused-ring (bicyclic) bond motifs is 3. The van der Waals surface area contributed by atoms with Gasteiger partial charge in [-0.3, -0.25) is 9.98 Å². The maximum atomic E-state index is 4.99. The van der Waals surface area contributed by atoms with Gasteiger partial charge in [-0.2, -0.15) is 0 Å². The molecule has 0 bridgehead atoms. The summed E-state index contributed by atoms with van der Waals surface area (Å²) in [5.74, 6) is 0. The van der Waals surface area contributed by atoms with E-state index < -0.39 is 0 Å². The molecule has 270 valence electrons. The van der Waals surface area contributed by atoms with Gasteiger partial charge in [-0.25, -0.2) is 0 Å². The van der Waals surface area contributed by atoms with E-state index in [1.54, 1.807) is 0 Å². The van der Waals surface area contributed by atoms with E-state index in [4.69, 9.17) is 9.98 Å². The Morgan fingerprint density at radius 2 is 1.45 bits per heavy atom. The molecule has 0 saturated carbocycles. The predicted octanol–water partition coefficient (Wildman–Crippen LogP) is 13.3. The molecule has 1 aliphatic carbocycles. The van der Waals surface area contributed by atoms with Crippen LogP contribution < -0.4 is 4.90 Å². The van der Waals surface area contributed by atoms with Crippen molar-refractivity contribution < 1.29 is 0 Å². The lowest BCUT2D eigenvalue weighted by Gasteiger charge is -2.30. The van der Waals surface area contributed by atoms with Crippen LogP contribution in [0.5, 0.6) is 0 Å². The van der Waals surface area contributed by atoms with Crippen LogP contribution in [0.1, 0.15) is 43.5 Å². The molecular weight excluding hydrogens is 681 g/mol. The van der Waals surface area contributed by atoms with E-state index in [0.29, 0.717) is 0 Å². The Kier molecular flexibility index (Phi) is 9.30. The van der Waals surface area contributed by atoms with Gasteiger partial charge in [0, 0.05) is 46.0 Å². The smallest absolute Gasteiger partial charge is 0.0889 e. The zero-order valence-electron chi connectivity index (χ0n) is 31.7. The molecule has 0 unspecified atom stereocenters. The van der Waals surface area contributed by atoms with Gasteiger partial charge in [0.15, 0.2) is 0 Å². The van der Waals surface area contributed by atoms with Crippen LogP contribution in [0.3, 0.4) is 0 Å². The molecule has 0 amide bonds. The van der Waals surface area contributed by atoms with Gasteiger partial charge >= 0.3 is 0 Å². The minimum Gasteiger partial charge on any atom is -0.317 e. The molecule has 4 heteroatoms. The molecule has 0 radical (unpaired) electrons. The molecule has 0 spiro atoms. The standard InChI is InChI=1S/C52H42N4/c1-4-48(54-37(3)38-17-7-5-8-18-38)49-33-42(29-30-53-49)41-26-28-47-46-23-11-12-24-50(46)56(52(47)35-41)44-22-15-19-39(32-44)40-25-27-45-36(2)16-13-14-31-55(51(45)34-40)43-20-9-6-10-21-43/h4-24,26,28-35H,2,25,27H2,1,3H3/b16-13-,31-14?,48-4-,54-37?. The Morgan fingerprint density at radius 3 is 2.29 bits per heavy atom. The Hall–Kier alpha value is -7.04. The summed E-state index contributed by atoms with van der Waals surface area (Å²) in [4.78, 5) is 12.0. The van der Waals surface area contributed by atoms with Crippen molar-refractivity contribution in [1.29, 1.82) is 0 Å². The molecule has 3 heterocycles. The van der Waals surface area contributed by atoms with Crippen molar-refractivity contribution in [1.82, 2.24) is 9.55 Å². The van der Waals surface area contributed by atoms with Gasteiger partial charge in [0.1, 0.15) is 0 Å². The number of pyridine rings is 1. The third-order valence-electron chi connectivity index (χ3n) is 10.8. The van der Waals surface area contributed by atoms with Crippen molar-refractivity contribution >= 4 is 44.5 Å². The van der Waals surface area contributed by atoms with E-state index in [9.17, 15) is 0 Å². The number of rotatable bonds is 7. The highest BCUT2D eigenvalue weighted by molar-refractivity contribution is 6.10. The minimum atomic E-state index is 0.845. The number of hydrogen-bond donors (Lipinski definition) is 0. The van der Waals surface area contributed by atoms with Gasteiger partial charge in [-0.1, -0.05) is 116 Å². The molecule has 0 atom stereocenters. The minimum absolute atomic E-state index is 0.845. The molecule has 5 aromatic carbocycles. The Labute approximate surface area is 328 Å². The predicted molar refractivity (Wildman–Crippen MR) is 237 cm³/mol. The Bertz CT molecular complexity index is 2830. The average molecular weight is 723 g/mol. The second-order valence-electron chi connectivity index (χ2n) is 14.3. The van der Waals surface area contributed by atoms with Crippen LogP contribution in [-0.4, -0.2) is 15.3 Å². The summed E-state index contributed by atoms with van der Waals surface area (Å²) in [6.07, 6.45) is 16.6. The van der Waals surface area contributed by atoms with Gasteiger partial charge in [-0.15, -0.1) is 0 Å². The van der Waals surface area contributed by atoms with Crippen molar-refractivity contribution in [2.75, 3.05) is 4.90 Å². The Morgan fingerprint density at radius 1 is 0.696 bits per heavy atom. The van der Waals surface area contributed by atoms with Crippen LogP contribution in [-0.2, 0) is 0 Å². The van der Waals surface area contributed by atoms with Crippen molar-refractivity contribution in [3.05, 3.63) is 223 Å². The number of aromatic nitrogens is 2. The summed E-state index contributed by atoms with van der Waals surface area (Å²) in [7, 11) is 0. The zero-order valence-corrected chi connectivity index (χ0v) is 31.7. The molecule has 0 saturated heterocycles. The van der Waals surface area contributed by atoms with Gasteiger partial charge in [0.25, 0.3) is 0 Å². The van der Waals surface area contributed by atoms with E-state index in [1.165, 1.54) is 38.7 Å². The first-order chi connectivity index (χ1) is 27.6. The lowest BCUT2D eigenvalue weighted by molar-refractivity contribution is 0.951. The fourth-order valence-electron chi connectivity index (χ4n) is 8.00. The quantitative estimate of drug-likeness (QED) is 0.154. The first kappa shape index (κ1) is 34.7. The van der Waals surface area contributed by atoms with E-state index in [2.05, 4.69) is 168 Å². The maximum Gasteiger partial charge on any atom is 0.0889 e. The van der Waals surface area contributed by atoms with E-state index in [0.717, 1.165) is 69.1 Å². The second-order valence-corrected chi connectivity index (χ2v) is 14.3. The summed E-state index contributed by atoms with van der Waals surface area (Å²) in [6.45, 7) is 8.52. The number of allylic oxidation sites excluding steroid dienone is 8. The lowest BCUT2D eigenvalue weighted by Crippen LogP contribution is -2.19. The zero-order chi connectivity index (χ0) is 38.0. The Balaban J connectivity index is 1.13. The van der Waals surface area contributed by atoms with Crippen LogP contribution >= 0.6 is 0 Å². The third-order valence-corrected chi connectivity index (χ3v) is 10.8. The summed E-state index contributed by atoms with van der Waals surface area (Å²) in [6, 6.07) is 49.7. The molecule has 9 rings (SSSR count). The van der Waals surface area contributed by atoms with Crippen molar-refractivity contribution in [3.8, 4) is 16.8 Å². The van der Waals surface area contributed by atoms with Gasteiger partial charge in [0.2, 0.25) is 0 Å². The normalized spacial score (nSPS) is 15.5. The number of anilines is 1. The summed E-state index contributed by atoms with van der Waals surface area (Å²) < 4.78 is 2.42. The fourth-order valence-corrected chi connectivity index (χ4v) is 8.00. The number of aliphatic imine (C=N–C) groups is 1. The highest BCUT2D eigenvalue weighted by atomic mass is 15.1. The third kappa shape index (κ3) is 6.56. The van der Waals surface area contributed by atoms with Crippen LogP contribution in [0.4, 0.5) is 5.69 Å². The van der Waals surface area contributed by atoms with Gasteiger partial charge in [-0.05, 0) is 126 Å². The van der Waals surface area contributed by atoms with E-state index in [1.807, 2.05) is 44.3 Å². The van der Waals surface area contributed by atoms with E-state index in [-0.39, 0.29) is 0 Å². The number of benzene rings is 5. The molecule has 0 N–H and O–H groups in total. The van der Waals surface area contributed by atoms with Crippen molar-refractivity contribution in [3.63, 3.8) is 0 Å². The number of para-hydroxylation sites is 2. The van der Waals surface area contributed by atoms with Crippen LogP contribution in [0.15, 0.2) is 211 Å².